The van der Waals surface area contributed by atoms with Crippen LogP contribution in [0.5, 0.6) is 11.5 Å². The summed E-state index contributed by atoms with van der Waals surface area (Å²) < 4.78 is 10.5. The van der Waals surface area contributed by atoms with Gasteiger partial charge in [-0.2, -0.15) is 0 Å². The number of nitrogens with one attached hydrogen (secondary N) is 1. The molecule has 1 aliphatic rings. The molecule has 6 heteroatoms. The first-order valence-corrected chi connectivity index (χ1v) is 8.59. The van der Waals surface area contributed by atoms with Crippen molar-refractivity contribution >= 4 is 23.2 Å². The normalized spacial score (nSPS) is 16.5. The fraction of sp³-hybridized carbons (Fsp3) is 0.300. The van der Waals surface area contributed by atoms with Gasteiger partial charge in [0.2, 0.25) is 11.8 Å². The summed E-state index contributed by atoms with van der Waals surface area (Å²) in [6, 6.07) is 14.5. The highest BCUT2D eigenvalue weighted by Gasteiger charge is 2.35. The molecular weight excluding hydrogens is 332 g/mol. The molecule has 1 aliphatic heterocycles. The van der Waals surface area contributed by atoms with E-state index in [0.29, 0.717) is 18.8 Å². The molecule has 2 aromatic rings. The van der Waals surface area contributed by atoms with Gasteiger partial charge in [-0.25, -0.2) is 0 Å². The SMILES string of the molecule is CCOc1ccc(N2CC(C(=O)Nc3ccc(OC)cc3)CC2=O)cc1. The van der Waals surface area contributed by atoms with Gasteiger partial charge in [0.25, 0.3) is 0 Å². The lowest BCUT2D eigenvalue weighted by Gasteiger charge is -2.17. The average Bonchev–Trinajstić information content (AvgIpc) is 3.05. The van der Waals surface area contributed by atoms with E-state index in [2.05, 4.69) is 5.32 Å². The van der Waals surface area contributed by atoms with Crippen LogP contribution in [0.3, 0.4) is 0 Å². The van der Waals surface area contributed by atoms with Crippen LogP contribution < -0.4 is 19.7 Å². The first-order valence-electron chi connectivity index (χ1n) is 8.59. The zero-order valence-corrected chi connectivity index (χ0v) is 14.9. The molecule has 136 valence electrons. The van der Waals surface area contributed by atoms with E-state index in [-0.39, 0.29) is 24.2 Å². The molecule has 2 aromatic carbocycles. The van der Waals surface area contributed by atoms with Crippen molar-refractivity contribution in [3.63, 3.8) is 0 Å². The second-order valence-electron chi connectivity index (χ2n) is 6.05. The zero-order chi connectivity index (χ0) is 18.5. The molecule has 1 unspecified atom stereocenters. The average molecular weight is 354 g/mol. The lowest BCUT2D eigenvalue weighted by Crippen LogP contribution is -2.28. The predicted molar refractivity (Wildman–Crippen MR) is 99.7 cm³/mol. The highest BCUT2D eigenvalue weighted by molar-refractivity contribution is 6.03. The standard InChI is InChI=1S/C20H22N2O4/c1-3-26-18-10-6-16(7-11-18)22-13-14(12-19(22)23)20(24)21-15-4-8-17(25-2)9-5-15/h4-11,14H,3,12-13H2,1-2H3,(H,21,24). The number of rotatable bonds is 6. The first kappa shape index (κ1) is 17.8. The summed E-state index contributed by atoms with van der Waals surface area (Å²) in [6.07, 6.45) is 0.204. The van der Waals surface area contributed by atoms with E-state index in [9.17, 15) is 9.59 Å². The molecule has 0 radical (unpaired) electrons. The van der Waals surface area contributed by atoms with Crippen molar-refractivity contribution in [2.45, 2.75) is 13.3 Å². The number of nitrogens with zero attached hydrogens (tertiary/aromatic N) is 1. The summed E-state index contributed by atoms with van der Waals surface area (Å²) >= 11 is 0. The molecule has 0 spiro atoms. The van der Waals surface area contributed by atoms with Crippen LogP contribution in [0.25, 0.3) is 0 Å². The number of carbonyl (C=O) groups is 2. The molecule has 1 heterocycles. The van der Waals surface area contributed by atoms with Crippen molar-refractivity contribution in [1.29, 1.82) is 0 Å². The van der Waals surface area contributed by atoms with Crippen LogP contribution in [0.1, 0.15) is 13.3 Å². The van der Waals surface area contributed by atoms with Gasteiger partial charge in [0.15, 0.2) is 0 Å². The highest BCUT2D eigenvalue weighted by atomic mass is 16.5. The smallest absolute Gasteiger partial charge is 0.229 e. The Labute approximate surface area is 152 Å². The van der Waals surface area contributed by atoms with Crippen LogP contribution in [0.4, 0.5) is 11.4 Å². The molecule has 3 rings (SSSR count). The molecule has 1 saturated heterocycles. The molecule has 1 fully saturated rings. The minimum Gasteiger partial charge on any atom is -0.497 e. The van der Waals surface area contributed by atoms with E-state index in [1.165, 1.54) is 0 Å². The second kappa shape index (κ2) is 7.91. The molecule has 1 N–H and O–H groups in total. The van der Waals surface area contributed by atoms with Crippen molar-refractivity contribution in [3.8, 4) is 11.5 Å². The minimum absolute atomic E-state index is 0.0518. The summed E-state index contributed by atoms with van der Waals surface area (Å²) in [4.78, 5) is 26.5. The number of hydrogen-bond donors (Lipinski definition) is 1. The molecule has 2 amide bonds. The van der Waals surface area contributed by atoms with Crippen LogP contribution in [0.2, 0.25) is 0 Å². The van der Waals surface area contributed by atoms with Crippen LogP contribution in [0, 0.1) is 5.92 Å². The van der Waals surface area contributed by atoms with Gasteiger partial charge in [-0.05, 0) is 55.5 Å². The second-order valence-corrected chi connectivity index (χ2v) is 6.05. The van der Waals surface area contributed by atoms with E-state index in [1.807, 2.05) is 31.2 Å². The first-order chi connectivity index (χ1) is 12.6. The third-order valence-electron chi connectivity index (χ3n) is 4.31. The van der Waals surface area contributed by atoms with Crippen molar-refractivity contribution in [2.75, 3.05) is 30.5 Å². The monoisotopic (exact) mass is 354 g/mol. The molecule has 26 heavy (non-hydrogen) atoms. The zero-order valence-electron chi connectivity index (χ0n) is 14.9. The molecule has 0 aliphatic carbocycles. The molecule has 1 atom stereocenters. The Hall–Kier alpha value is -3.02. The summed E-state index contributed by atoms with van der Waals surface area (Å²) in [6.45, 7) is 2.88. The van der Waals surface area contributed by atoms with Crippen molar-refractivity contribution in [2.24, 2.45) is 5.92 Å². The Morgan fingerprint density at radius 3 is 2.38 bits per heavy atom. The molecule has 0 bridgehead atoms. The number of anilines is 2. The van der Waals surface area contributed by atoms with E-state index in [4.69, 9.17) is 9.47 Å². The Kier molecular flexibility index (Phi) is 5.41. The topological polar surface area (TPSA) is 67.9 Å². The number of benzene rings is 2. The molecule has 0 aromatic heterocycles. The van der Waals surface area contributed by atoms with Gasteiger partial charge in [-0.3, -0.25) is 9.59 Å². The minimum atomic E-state index is -0.379. The number of carbonyl (C=O) groups excluding carboxylic acids is 2. The van der Waals surface area contributed by atoms with Gasteiger partial charge in [0, 0.05) is 24.3 Å². The maximum absolute atomic E-state index is 12.5. The fourth-order valence-corrected chi connectivity index (χ4v) is 2.94. The van der Waals surface area contributed by atoms with E-state index < -0.39 is 0 Å². The van der Waals surface area contributed by atoms with Crippen molar-refractivity contribution in [1.82, 2.24) is 0 Å². The van der Waals surface area contributed by atoms with Crippen LogP contribution >= 0.6 is 0 Å². The Bertz CT molecular complexity index is 771. The van der Waals surface area contributed by atoms with Crippen LogP contribution in [-0.2, 0) is 9.59 Å². The summed E-state index contributed by atoms with van der Waals surface area (Å²) in [5.74, 6) is 0.898. The van der Waals surface area contributed by atoms with Crippen molar-refractivity contribution < 1.29 is 19.1 Å². The summed E-state index contributed by atoms with van der Waals surface area (Å²) in [7, 11) is 1.59. The molecular formula is C20H22N2O4. The van der Waals surface area contributed by atoms with Crippen LogP contribution in [-0.4, -0.2) is 32.1 Å². The van der Waals surface area contributed by atoms with E-state index >= 15 is 0 Å². The number of ether oxygens (including phenoxy) is 2. The lowest BCUT2D eigenvalue weighted by molar-refractivity contribution is -0.122. The Morgan fingerprint density at radius 2 is 1.77 bits per heavy atom. The van der Waals surface area contributed by atoms with Crippen molar-refractivity contribution in [3.05, 3.63) is 48.5 Å². The van der Waals surface area contributed by atoms with Gasteiger partial charge < -0.3 is 19.7 Å². The third kappa shape index (κ3) is 3.96. The molecule has 6 nitrogen and oxygen atoms in total. The summed E-state index contributed by atoms with van der Waals surface area (Å²) in [5, 5.41) is 2.86. The molecule has 0 saturated carbocycles. The Balaban J connectivity index is 1.63. The number of methoxy groups -OCH3 is 1. The predicted octanol–water partition coefficient (Wildman–Crippen LogP) is 3.09. The van der Waals surface area contributed by atoms with E-state index in [0.717, 1.165) is 17.2 Å². The van der Waals surface area contributed by atoms with Gasteiger partial charge in [-0.1, -0.05) is 0 Å². The van der Waals surface area contributed by atoms with E-state index in [1.54, 1.807) is 36.3 Å². The maximum Gasteiger partial charge on any atom is 0.229 e. The number of amides is 2. The fourth-order valence-electron chi connectivity index (χ4n) is 2.94. The summed E-state index contributed by atoms with van der Waals surface area (Å²) in [5.41, 5.74) is 1.46. The number of hydrogen-bond acceptors (Lipinski definition) is 4. The quantitative estimate of drug-likeness (QED) is 0.866. The highest BCUT2D eigenvalue weighted by Crippen LogP contribution is 2.28. The van der Waals surface area contributed by atoms with Gasteiger partial charge in [-0.15, -0.1) is 0 Å². The van der Waals surface area contributed by atoms with Crippen LogP contribution in [0.15, 0.2) is 48.5 Å². The third-order valence-corrected chi connectivity index (χ3v) is 4.31. The lowest BCUT2D eigenvalue weighted by atomic mass is 10.1. The van der Waals surface area contributed by atoms with Gasteiger partial charge in [0.1, 0.15) is 11.5 Å². The maximum atomic E-state index is 12.5. The van der Waals surface area contributed by atoms with Gasteiger partial charge in [0.05, 0.1) is 19.6 Å². The largest absolute Gasteiger partial charge is 0.497 e. The Morgan fingerprint density at radius 1 is 1.12 bits per heavy atom. The van der Waals surface area contributed by atoms with Gasteiger partial charge >= 0.3 is 0 Å².